The Hall–Kier alpha value is -0.990. The van der Waals surface area contributed by atoms with Crippen molar-refractivity contribution in [3.05, 3.63) is 11.3 Å². The van der Waals surface area contributed by atoms with Crippen LogP contribution in [0.25, 0.3) is 0 Å². The fraction of sp³-hybridized carbons (Fsp3) is 0.571. The molecule has 0 radical (unpaired) electrons. The first-order valence-electron chi connectivity index (χ1n) is 3.11. The minimum Gasteiger partial charge on any atom is -0.545 e. The van der Waals surface area contributed by atoms with Crippen LogP contribution in [0.15, 0.2) is 11.3 Å². The van der Waals surface area contributed by atoms with Crippen LogP contribution < -0.4 is 5.11 Å². The maximum absolute atomic E-state index is 10.2. The van der Waals surface area contributed by atoms with Gasteiger partial charge in [0.25, 0.3) is 0 Å². The van der Waals surface area contributed by atoms with Gasteiger partial charge in [0.2, 0.25) is 0 Å². The summed E-state index contributed by atoms with van der Waals surface area (Å²) in [6.45, 7) is 5.34. The van der Waals surface area contributed by atoms with Crippen LogP contribution in [0.1, 0.15) is 20.8 Å². The van der Waals surface area contributed by atoms with E-state index in [1.807, 2.05) is 0 Å². The number of carboxylic acid groups (broad SMARTS) is 1. The molecule has 10 heavy (non-hydrogen) atoms. The number of hydrogen-bond acceptors (Lipinski definition) is 3. The van der Waals surface area contributed by atoms with Gasteiger partial charge in [0.05, 0.1) is 18.3 Å². The van der Waals surface area contributed by atoms with Crippen molar-refractivity contribution in [2.24, 2.45) is 0 Å². The molecule has 0 spiro atoms. The van der Waals surface area contributed by atoms with Crippen LogP contribution >= 0.6 is 0 Å². The highest BCUT2D eigenvalue weighted by Crippen LogP contribution is 2.02. The highest BCUT2D eigenvalue weighted by Gasteiger charge is 1.96. The molecule has 0 aromatic carbocycles. The first kappa shape index (κ1) is 9.01. The van der Waals surface area contributed by atoms with Gasteiger partial charge in [-0.05, 0) is 20.8 Å². The van der Waals surface area contributed by atoms with Gasteiger partial charge in [-0.2, -0.15) is 0 Å². The van der Waals surface area contributed by atoms with Crippen molar-refractivity contribution >= 4 is 5.97 Å². The SMILES string of the molecule is CCO/C(C)=C(\C)C(=O)[O-]. The summed E-state index contributed by atoms with van der Waals surface area (Å²) in [6, 6.07) is 0. The number of aliphatic carboxylic acids is 1. The third kappa shape index (κ3) is 2.53. The molecule has 58 valence electrons. The number of rotatable bonds is 3. The van der Waals surface area contributed by atoms with Gasteiger partial charge in [0.15, 0.2) is 0 Å². The fourth-order valence-electron chi connectivity index (χ4n) is 0.468. The van der Waals surface area contributed by atoms with E-state index in [0.29, 0.717) is 12.4 Å². The second-order valence-electron chi connectivity index (χ2n) is 1.90. The van der Waals surface area contributed by atoms with Crippen molar-refractivity contribution in [3.63, 3.8) is 0 Å². The van der Waals surface area contributed by atoms with Crippen molar-refractivity contribution < 1.29 is 14.6 Å². The molecule has 3 nitrogen and oxygen atoms in total. The van der Waals surface area contributed by atoms with E-state index in [9.17, 15) is 9.90 Å². The van der Waals surface area contributed by atoms with E-state index in [2.05, 4.69) is 0 Å². The zero-order chi connectivity index (χ0) is 8.15. The Morgan fingerprint density at radius 2 is 2.00 bits per heavy atom. The lowest BCUT2D eigenvalue weighted by molar-refractivity contribution is -0.299. The summed E-state index contributed by atoms with van der Waals surface area (Å²) < 4.78 is 4.92. The molecule has 0 fully saturated rings. The predicted molar refractivity (Wildman–Crippen MR) is 35.0 cm³/mol. The molecule has 0 aromatic rings. The largest absolute Gasteiger partial charge is 0.545 e. The van der Waals surface area contributed by atoms with Crippen LogP contribution in [-0.4, -0.2) is 12.6 Å². The number of carbonyl (C=O) groups excluding carboxylic acids is 1. The van der Waals surface area contributed by atoms with E-state index >= 15 is 0 Å². The van der Waals surface area contributed by atoms with E-state index < -0.39 is 5.97 Å². The maximum Gasteiger partial charge on any atom is 0.0975 e. The van der Waals surface area contributed by atoms with E-state index in [0.717, 1.165) is 0 Å². The topological polar surface area (TPSA) is 49.4 Å². The second-order valence-corrected chi connectivity index (χ2v) is 1.90. The van der Waals surface area contributed by atoms with E-state index in [4.69, 9.17) is 4.74 Å². The normalized spacial score (nSPS) is 12.3. The number of ether oxygens (including phenoxy) is 1. The summed E-state index contributed by atoms with van der Waals surface area (Å²) in [5.41, 5.74) is 0.154. The summed E-state index contributed by atoms with van der Waals surface area (Å²) >= 11 is 0. The molecule has 0 N–H and O–H groups in total. The number of carboxylic acids is 1. The maximum atomic E-state index is 10.2. The summed E-state index contributed by atoms with van der Waals surface area (Å²) in [5.74, 6) is -0.756. The molecule has 0 atom stereocenters. The van der Waals surface area contributed by atoms with Gasteiger partial charge >= 0.3 is 0 Å². The molecule has 3 heteroatoms. The number of hydrogen-bond donors (Lipinski definition) is 0. The summed E-state index contributed by atoms with van der Waals surface area (Å²) in [4.78, 5) is 10.2. The number of allylic oxidation sites excluding steroid dienone is 1. The van der Waals surface area contributed by atoms with Crippen LogP contribution in [0, 0.1) is 0 Å². The van der Waals surface area contributed by atoms with Crippen molar-refractivity contribution in [2.75, 3.05) is 6.61 Å². The third-order valence-electron chi connectivity index (χ3n) is 1.20. The lowest BCUT2D eigenvalue weighted by Gasteiger charge is -2.08. The molecule has 0 bridgehead atoms. The Kier molecular flexibility index (Phi) is 3.54. The van der Waals surface area contributed by atoms with E-state index in [1.54, 1.807) is 13.8 Å². The third-order valence-corrected chi connectivity index (χ3v) is 1.20. The highest BCUT2D eigenvalue weighted by atomic mass is 16.5. The molecule has 0 saturated carbocycles. The van der Waals surface area contributed by atoms with Gasteiger partial charge < -0.3 is 14.6 Å². The minimum atomic E-state index is -1.18. The molecule has 0 heterocycles. The second kappa shape index (κ2) is 3.93. The lowest BCUT2D eigenvalue weighted by atomic mass is 10.3. The Balaban J connectivity index is 4.19. The van der Waals surface area contributed by atoms with Crippen molar-refractivity contribution in [1.29, 1.82) is 0 Å². The molecule has 0 aliphatic heterocycles. The van der Waals surface area contributed by atoms with Gasteiger partial charge in [-0.1, -0.05) is 0 Å². The van der Waals surface area contributed by atoms with Crippen LogP contribution in [-0.2, 0) is 9.53 Å². The molecule has 0 aliphatic rings. The van der Waals surface area contributed by atoms with Crippen LogP contribution in [0.4, 0.5) is 0 Å². The Morgan fingerprint density at radius 3 is 2.30 bits per heavy atom. The van der Waals surface area contributed by atoms with Crippen molar-refractivity contribution in [1.82, 2.24) is 0 Å². The smallest absolute Gasteiger partial charge is 0.0975 e. The lowest BCUT2D eigenvalue weighted by Crippen LogP contribution is -2.24. The molecule has 0 aromatic heterocycles. The zero-order valence-electron chi connectivity index (χ0n) is 6.43. The highest BCUT2D eigenvalue weighted by molar-refractivity contribution is 5.84. The standard InChI is InChI=1S/C7H12O3/c1-4-10-6(3)5(2)7(8)9/h4H2,1-3H3,(H,8,9)/p-1/b6-5+. The van der Waals surface area contributed by atoms with Gasteiger partial charge in [-0.3, -0.25) is 0 Å². The quantitative estimate of drug-likeness (QED) is 0.415. The predicted octanol–water partition coefficient (Wildman–Crippen LogP) is 0.0667. The minimum absolute atomic E-state index is 0.154. The van der Waals surface area contributed by atoms with Gasteiger partial charge in [-0.25, -0.2) is 0 Å². The summed E-state index contributed by atoms with van der Waals surface area (Å²) in [5, 5.41) is 10.2. The molecule has 0 saturated heterocycles. The van der Waals surface area contributed by atoms with Crippen LogP contribution in [0.3, 0.4) is 0 Å². The average molecular weight is 143 g/mol. The van der Waals surface area contributed by atoms with Gasteiger partial charge in [-0.15, -0.1) is 0 Å². The molecular formula is C7H11O3-. The zero-order valence-corrected chi connectivity index (χ0v) is 6.43. The molecule has 0 amide bonds. The van der Waals surface area contributed by atoms with Crippen LogP contribution in [0.5, 0.6) is 0 Å². The Morgan fingerprint density at radius 1 is 1.50 bits per heavy atom. The fourth-order valence-corrected chi connectivity index (χ4v) is 0.468. The van der Waals surface area contributed by atoms with Crippen molar-refractivity contribution in [2.45, 2.75) is 20.8 Å². The van der Waals surface area contributed by atoms with Gasteiger partial charge in [0.1, 0.15) is 0 Å². The molecule has 0 unspecified atom stereocenters. The summed E-state index contributed by atoms with van der Waals surface area (Å²) in [7, 11) is 0. The Labute approximate surface area is 60.3 Å². The first-order valence-corrected chi connectivity index (χ1v) is 3.11. The van der Waals surface area contributed by atoms with Crippen molar-refractivity contribution in [3.8, 4) is 0 Å². The monoisotopic (exact) mass is 143 g/mol. The number of carbonyl (C=O) groups is 1. The molecular weight excluding hydrogens is 132 g/mol. The van der Waals surface area contributed by atoms with E-state index in [1.165, 1.54) is 6.92 Å². The van der Waals surface area contributed by atoms with Crippen LogP contribution in [0.2, 0.25) is 0 Å². The first-order chi connectivity index (χ1) is 4.59. The Bertz CT molecular complexity index is 158. The molecule has 0 aliphatic carbocycles. The average Bonchev–Trinajstić information content (AvgIpc) is 1.87. The van der Waals surface area contributed by atoms with Gasteiger partial charge in [0, 0.05) is 5.57 Å². The van der Waals surface area contributed by atoms with E-state index in [-0.39, 0.29) is 5.57 Å². The molecule has 0 rings (SSSR count). The summed E-state index contributed by atoms with van der Waals surface area (Å²) in [6.07, 6.45) is 0.